The second-order valence-electron chi connectivity index (χ2n) is 9.53. The molecule has 1 fully saturated rings. The molecule has 0 saturated heterocycles. The average molecular weight is 434 g/mol. The molecule has 6 nitrogen and oxygen atoms in total. The number of rotatable bonds is 4. The first-order valence-electron chi connectivity index (χ1n) is 11.7. The van der Waals surface area contributed by atoms with Crippen molar-refractivity contribution in [3.8, 4) is 0 Å². The van der Waals surface area contributed by atoms with Gasteiger partial charge in [-0.2, -0.15) is 0 Å². The smallest absolute Gasteiger partial charge is 0.271 e. The van der Waals surface area contributed by atoms with Crippen LogP contribution in [0.3, 0.4) is 0 Å². The van der Waals surface area contributed by atoms with Crippen molar-refractivity contribution < 1.29 is 14.0 Å². The predicted molar refractivity (Wildman–Crippen MR) is 123 cm³/mol. The molecule has 32 heavy (non-hydrogen) atoms. The molecule has 1 aliphatic carbocycles. The van der Waals surface area contributed by atoms with E-state index < -0.39 is 5.54 Å². The van der Waals surface area contributed by atoms with Crippen LogP contribution < -0.4 is 5.32 Å². The number of amides is 2. The maximum Gasteiger partial charge on any atom is 0.271 e. The molecule has 2 aliphatic rings. The van der Waals surface area contributed by atoms with E-state index in [1.807, 2.05) is 60.9 Å². The number of benzene rings is 1. The number of fused-ring (bicyclic) bond motifs is 3. The molecule has 1 atom stereocenters. The molecule has 0 bridgehead atoms. The first-order valence-corrected chi connectivity index (χ1v) is 11.7. The Hall–Kier alpha value is -3.02. The van der Waals surface area contributed by atoms with E-state index in [1.165, 1.54) is 12.8 Å². The van der Waals surface area contributed by atoms with Gasteiger partial charge in [0.15, 0.2) is 5.58 Å². The first-order chi connectivity index (χ1) is 15.5. The van der Waals surface area contributed by atoms with E-state index in [9.17, 15) is 9.59 Å². The van der Waals surface area contributed by atoms with Crippen LogP contribution in [0.2, 0.25) is 0 Å². The third kappa shape index (κ3) is 3.61. The van der Waals surface area contributed by atoms with Gasteiger partial charge in [0.25, 0.3) is 5.91 Å². The summed E-state index contributed by atoms with van der Waals surface area (Å²) >= 11 is 0. The summed E-state index contributed by atoms with van der Waals surface area (Å²) in [6.45, 7) is 4.60. The standard InChI is InChI=1S/C26H31N3O3/c1-18-14-21-23(32-18)15-22-24(30)29(16-19-10-6-5-7-11-19)26(2,17-28(21)22)25(31)27-20-12-8-3-4-9-13-20/h5-7,10-11,14-15,20H,3-4,8-9,12-13,16-17H2,1-2H3,(H,27,31)/t26-/m1/s1. The molecule has 3 heterocycles. The highest BCUT2D eigenvalue weighted by atomic mass is 16.3. The minimum absolute atomic E-state index is 0.0682. The Labute approximate surface area is 188 Å². The third-order valence-electron chi connectivity index (χ3n) is 7.10. The van der Waals surface area contributed by atoms with Crippen molar-refractivity contribution in [3.05, 3.63) is 59.5 Å². The molecular formula is C26H31N3O3. The number of aryl methyl sites for hydroxylation is 1. The zero-order valence-electron chi connectivity index (χ0n) is 18.9. The molecule has 1 aromatic carbocycles. The van der Waals surface area contributed by atoms with Crippen molar-refractivity contribution in [3.63, 3.8) is 0 Å². The maximum atomic E-state index is 13.8. The van der Waals surface area contributed by atoms with Crippen LogP contribution in [0.5, 0.6) is 0 Å². The number of hydrogen-bond donors (Lipinski definition) is 1. The summed E-state index contributed by atoms with van der Waals surface area (Å²) in [5, 5.41) is 3.31. The van der Waals surface area contributed by atoms with Gasteiger partial charge in [-0.25, -0.2) is 0 Å². The number of nitrogens with zero attached hydrogens (tertiary/aromatic N) is 2. The Morgan fingerprint density at radius 1 is 1.12 bits per heavy atom. The van der Waals surface area contributed by atoms with Gasteiger partial charge in [-0.15, -0.1) is 0 Å². The Morgan fingerprint density at radius 2 is 1.84 bits per heavy atom. The molecule has 1 saturated carbocycles. The maximum absolute atomic E-state index is 13.8. The topological polar surface area (TPSA) is 67.5 Å². The van der Waals surface area contributed by atoms with E-state index in [4.69, 9.17) is 4.42 Å². The lowest BCUT2D eigenvalue weighted by atomic mass is 9.93. The highest BCUT2D eigenvalue weighted by molar-refractivity contribution is 6.03. The summed E-state index contributed by atoms with van der Waals surface area (Å²) in [6, 6.07) is 13.8. The van der Waals surface area contributed by atoms with Crippen molar-refractivity contribution in [2.75, 3.05) is 0 Å². The van der Waals surface area contributed by atoms with Gasteiger partial charge in [-0.05, 0) is 32.3 Å². The molecule has 5 rings (SSSR count). The summed E-state index contributed by atoms with van der Waals surface area (Å²) in [5.74, 6) is 0.596. The van der Waals surface area contributed by atoms with Gasteiger partial charge < -0.3 is 19.2 Å². The van der Waals surface area contributed by atoms with Gasteiger partial charge in [-0.1, -0.05) is 56.0 Å². The number of carbonyl (C=O) groups excluding carboxylic acids is 2. The largest absolute Gasteiger partial charge is 0.460 e. The summed E-state index contributed by atoms with van der Waals surface area (Å²) in [7, 11) is 0. The van der Waals surface area contributed by atoms with E-state index in [2.05, 4.69) is 5.32 Å². The highest BCUT2D eigenvalue weighted by Gasteiger charge is 2.48. The monoisotopic (exact) mass is 433 g/mol. The van der Waals surface area contributed by atoms with Gasteiger partial charge in [0, 0.05) is 24.7 Å². The summed E-state index contributed by atoms with van der Waals surface area (Å²) in [6.07, 6.45) is 6.76. The van der Waals surface area contributed by atoms with E-state index >= 15 is 0 Å². The SMILES string of the molecule is Cc1cc2c(cc3n2C[C@](C)(C(=O)NC2CCCCCC2)N(Cc2ccccc2)C3=O)o1. The van der Waals surface area contributed by atoms with Crippen LogP contribution in [0.4, 0.5) is 0 Å². The van der Waals surface area contributed by atoms with Crippen LogP contribution in [0.15, 0.2) is 46.9 Å². The number of nitrogens with one attached hydrogen (secondary N) is 1. The predicted octanol–water partition coefficient (Wildman–Crippen LogP) is 4.80. The minimum atomic E-state index is -0.997. The molecule has 2 aromatic heterocycles. The Bertz CT molecular complexity index is 1140. The van der Waals surface area contributed by atoms with Crippen LogP contribution in [0.1, 0.15) is 67.3 Å². The first kappa shape index (κ1) is 20.9. The van der Waals surface area contributed by atoms with Gasteiger partial charge in [0.05, 0.1) is 12.1 Å². The van der Waals surface area contributed by atoms with Crippen molar-refractivity contribution in [1.29, 1.82) is 0 Å². The average Bonchev–Trinajstić information content (AvgIpc) is 3.17. The molecule has 6 heteroatoms. The number of aromatic nitrogens is 1. The van der Waals surface area contributed by atoms with Gasteiger partial charge in [0.2, 0.25) is 5.91 Å². The van der Waals surface area contributed by atoms with Crippen LogP contribution >= 0.6 is 0 Å². The molecule has 2 amide bonds. The summed E-state index contributed by atoms with van der Waals surface area (Å²) in [5.41, 5.74) is 2.16. The lowest BCUT2D eigenvalue weighted by Crippen LogP contribution is -2.64. The normalized spacial score (nSPS) is 22.1. The van der Waals surface area contributed by atoms with E-state index in [0.717, 1.165) is 42.5 Å². The summed E-state index contributed by atoms with van der Waals surface area (Å²) < 4.78 is 7.76. The zero-order valence-corrected chi connectivity index (χ0v) is 18.9. The number of hydrogen-bond acceptors (Lipinski definition) is 3. The molecule has 0 spiro atoms. The van der Waals surface area contributed by atoms with E-state index in [-0.39, 0.29) is 17.9 Å². The van der Waals surface area contributed by atoms with Crippen LogP contribution in [0, 0.1) is 6.92 Å². The molecule has 1 aliphatic heterocycles. The van der Waals surface area contributed by atoms with Crippen LogP contribution in [-0.4, -0.2) is 32.9 Å². The van der Waals surface area contributed by atoms with Gasteiger partial charge in [-0.3, -0.25) is 9.59 Å². The van der Waals surface area contributed by atoms with Crippen molar-refractivity contribution in [2.45, 2.75) is 77.0 Å². The molecule has 0 radical (unpaired) electrons. The molecule has 168 valence electrons. The van der Waals surface area contributed by atoms with Crippen molar-refractivity contribution >= 4 is 22.9 Å². The summed E-state index contributed by atoms with van der Waals surface area (Å²) in [4.78, 5) is 29.2. The minimum Gasteiger partial charge on any atom is -0.460 e. The molecule has 1 N–H and O–H groups in total. The third-order valence-corrected chi connectivity index (χ3v) is 7.10. The fraction of sp³-hybridized carbons (Fsp3) is 0.462. The Morgan fingerprint density at radius 3 is 2.56 bits per heavy atom. The molecular weight excluding hydrogens is 402 g/mol. The lowest BCUT2D eigenvalue weighted by Gasteiger charge is -2.44. The second-order valence-corrected chi connectivity index (χ2v) is 9.53. The van der Waals surface area contributed by atoms with E-state index in [0.29, 0.717) is 24.4 Å². The van der Waals surface area contributed by atoms with Crippen molar-refractivity contribution in [1.82, 2.24) is 14.8 Å². The zero-order chi connectivity index (χ0) is 22.3. The Kier molecular flexibility index (Phi) is 5.31. The van der Waals surface area contributed by atoms with Crippen LogP contribution in [-0.2, 0) is 17.9 Å². The van der Waals surface area contributed by atoms with Crippen LogP contribution in [0.25, 0.3) is 11.1 Å². The van der Waals surface area contributed by atoms with Gasteiger partial charge in [0.1, 0.15) is 17.0 Å². The fourth-order valence-electron chi connectivity index (χ4n) is 5.24. The number of carbonyl (C=O) groups is 2. The second kappa shape index (κ2) is 8.15. The Balaban J connectivity index is 1.52. The fourth-order valence-corrected chi connectivity index (χ4v) is 5.24. The van der Waals surface area contributed by atoms with E-state index in [1.54, 1.807) is 4.90 Å². The highest BCUT2D eigenvalue weighted by Crippen LogP contribution is 2.35. The quantitative estimate of drug-likeness (QED) is 0.601. The van der Waals surface area contributed by atoms with Gasteiger partial charge >= 0.3 is 0 Å². The van der Waals surface area contributed by atoms with Crippen molar-refractivity contribution in [2.24, 2.45) is 0 Å². The molecule has 3 aromatic rings. The molecule has 0 unspecified atom stereocenters. The number of furan rings is 1. The lowest BCUT2D eigenvalue weighted by molar-refractivity contribution is -0.134.